The van der Waals surface area contributed by atoms with E-state index in [2.05, 4.69) is 82.1 Å². The summed E-state index contributed by atoms with van der Waals surface area (Å²) >= 11 is 0. The zero-order valence-corrected chi connectivity index (χ0v) is 38.0. The number of aromatic amines is 1. The first kappa shape index (κ1) is 43.4. The maximum atomic E-state index is 13.0. The van der Waals surface area contributed by atoms with Crippen molar-refractivity contribution in [3.63, 3.8) is 0 Å². The number of fused-ring (bicyclic) bond motifs is 1. The normalized spacial score (nSPS) is 17.1. The maximum Gasteiger partial charge on any atom is 0.328 e. The molecule has 3 aliphatic heterocycles. The molecule has 338 valence electrons. The number of aromatic nitrogens is 5. The molecule has 3 aromatic carbocycles. The highest BCUT2D eigenvalue weighted by molar-refractivity contribution is 6.05. The minimum Gasteiger partial charge on any atom is -0.495 e. The number of hydrogen-bond donors (Lipinski definition) is 3. The molecule has 3 aromatic heterocycles. The zero-order valence-electron chi connectivity index (χ0n) is 38.0. The molecule has 3 saturated heterocycles. The topological polar surface area (TPSA) is 178 Å². The number of ether oxygens (including phenoxy) is 1. The van der Waals surface area contributed by atoms with E-state index in [0.29, 0.717) is 24.0 Å². The predicted octanol–water partition coefficient (Wildman–Crippen LogP) is 7.27. The number of benzene rings is 3. The van der Waals surface area contributed by atoms with E-state index in [1.54, 1.807) is 12.0 Å². The van der Waals surface area contributed by atoms with Crippen LogP contribution >= 0.6 is 0 Å². The zero-order chi connectivity index (χ0) is 45.4. The first-order valence-corrected chi connectivity index (χ1v) is 22.5. The van der Waals surface area contributed by atoms with Crippen molar-refractivity contribution in [3.05, 3.63) is 95.8 Å². The number of amides is 4. The van der Waals surface area contributed by atoms with Crippen LogP contribution in [0.25, 0.3) is 33.4 Å². The van der Waals surface area contributed by atoms with E-state index in [1.807, 2.05) is 71.1 Å². The number of rotatable bonds is 11. The summed E-state index contributed by atoms with van der Waals surface area (Å²) in [5, 5.41) is 18.0. The Morgan fingerprint density at radius 2 is 1.63 bits per heavy atom. The van der Waals surface area contributed by atoms with Crippen molar-refractivity contribution in [1.82, 2.24) is 40.9 Å². The number of urea groups is 1. The Balaban J connectivity index is 0.774. The summed E-state index contributed by atoms with van der Waals surface area (Å²) in [5.74, 6) is 1.19. The molecule has 0 spiro atoms. The van der Waals surface area contributed by atoms with Crippen LogP contribution in [0.5, 0.6) is 5.75 Å². The molecule has 3 N–H and O–H groups in total. The highest BCUT2D eigenvalue weighted by Crippen LogP contribution is 2.37. The molecule has 1 atom stereocenters. The number of hydrogen-bond acceptors (Lipinski definition) is 12. The Morgan fingerprint density at radius 3 is 2.32 bits per heavy atom. The number of pyridine rings is 1. The second-order valence-corrected chi connectivity index (χ2v) is 18.5. The van der Waals surface area contributed by atoms with Crippen molar-refractivity contribution in [2.24, 2.45) is 5.92 Å². The molecule has 0 aliphatic carbocycles. The number of methoxy groups -OCH3 is 1. The van der Waals surface area contributed by atoms with Gasteiger partial charge in [0, 0.05) is 104 Å². The molecule has 0 radical (unpaired) electrons. The van der Waals surface area contributed by atoms with Gasteiger partial charge in [0.15, 0.2) is 5.65 Å². The van der Waals surface area contributed by atoms with Gasteiger partial charge in [-0.1, -0.05) is 50.2 Å². The van der Waals surface area contributed by atoms with Gasteiger partial charge in [-0.15, -0.1) is 0 Å². The van der Waals surface area contributed by atoms with Crippen LogP contribution < -0.4 is 30.1 Å². The number of carbonyl (C=O) groups excluding carboxylic acids is 3. The number of anilines is 3. The van der Waals surface area contributed by atoms with Crippen LogP contribution in [-0.4, -0.2) is 108 Å². The smallest absolute Gasteiger partial charge is 0.328 e. The van der Waals surface area contributed by atoms with Crippen molar-refractivity contribution in [1.29, 1.82) is 0 Å². The molecule has 0 saturated carbocycles. The van der Waals surface area contributed by atoms with Gasteiger partial charge in [0.1, 0.15) is 5.75 Å². The van der Waals surface area contributed by atoms with Crippen molar-refractivity contribution in [3.8, 4) is 28.1 Å². The van der Waals surface area contributed by atoms with Gasteiger partial charge >= 0.3 is 6.03 Å². The molecule has 16 nitrogen and oxygen atoms in total. The van der Waals surface area contributed by atoms with Crippen LogP contribution in [0.4, 0.5) is 21.9 Å². The Kier molecular flexibility index (Phi) is 12.0. The van der Waals surface area contributed by atoms with Gasteiger partial charge in [-0.25, -0.2) is 9.78 Å². The molecule has 3 aliphatic rings. The van der Waals surface area contributed by atoms with Crippen molar-refractivity contribution in [2.75, 3.05) is 74.2 Å². The fourth-order valence-corrected chi connectivity index (χ4v) is 9.23. The fourth-order valence-electron chi connectivity index (χ4n) is 9.23. The molecule has 0 bridgehead atoms. The number of carbonyl (C=O) groups is 3. The van der Waals surface area contributed by atoms with Gasteiger partial charge in [0.2, 0.25) is 11.8 Å². The molecular formula is C49H57N11O5. The van der Waals surface area contributed by atoms with E-state index >= 15 is 0 Å². The lowest BCUT2D eigenvalue weighted by Crippen LogP contribution is -2.49. The Labute approximate surface area is 378 Å². The summed E-state index contributed by atoms with van der Waals surface area (Å²) in [6.45, 7) is 17.3. The molecule has 3 fully saturated rings. The molecule has 6 aromatic rings. The van der Waals surface area contributed by atoms with E-state index < -0.39 is 6.03 Å². The highest BCUT2D eigenvalue weighted by atomic mass is 16.5. The van der Waals surface area contributed by atoms with E-state index in [9.17, 15) is 14.4 Å². The van der Waals surface area contributed by atoms with Crippen LogP contribution in [0.3, 0.4) is 0 Å². The molecular weight excluding hydrogens is 823 g/mol. The summed E-state index contributed by atoms with van der Waals surface area (Å²) in [6, 6.07) is 22.3. The molecule has 1 unspecified atom stereocenters. The molecule has 9 rings (SSSR count). The van der Waals surface area contributed by atoms with Gasteiger partial charge in [0.25, 0.3) is 11.7 Å². The van der Waals surface area contributed by atoms with Crippen molar-refractivity contribution in [2.45, 2.75) is 65.3 Å². The number of piperazine rings is 1. The lowest BCUT2D eigenvalue weighted by Gasteiger charge is -2.40. The monoisotopic (exact) mass is 879 g/mol. The Hall–Kier alpha value is -6.81. The first-order valence-electron chi connectivity index (χ1n) is 22.5. The minimum atomic E-state index is -0.394. The number of H-pyrrole nitrogens is 1. The van der Waals surface area contributed by atoms with E-state index in [1.165, 1.54) is 5.69 Å². The average molecular weight is 880 g/mol. The third-order valence-corrected chi connectivity index (χ3v) is 13.0. The van der Waals surface area contributed by atoms with Crippen LogP contribution in [0.2, 0.25) is 0 Å². The van der Waals surface area contributed by atoms with Crippen molar-refractivity contribution >= 4 is 45.9 Å². The molecule has 65 heavy (non-hydrogen) atoms. The lowest BCUT2D eigenvalue weighted by molar-refractivity contribution is -0.120. The first-order chi connectivity index (χ1) is 31.3. The molecule has 6 heterocycles. The third-order valence-electron chi connectivity index (χ3n) is 13.0. The molecule has 16 heteroatoms. The molecule has 4 amide bonds. The average Bonchev–Trinajstić information content (AvgIpc) is 3.99. The van der Waals surface area contributed by atoms with Crippen LogP contribution in [-0.2, 0) is 10.2 Å². The van der Waals surface area contributed by atoms with E-state index in [4.69, 9.17) is 14.2 Å². The number of nitrogens with one attached hydrogen (secondary N) is 3. The van der Waals surface area contributed by atoms with Crippen molar-refractivity contribution < 1.29 is 23.6 Å². The minimum absolute atomic E-state index is 0.0223. The van der Waals surface area contributed by atoms with Crippen LogP contribution in [0.1, 0.15) is 80.6 Å². The van der Waals surface area contributed by atoms with Gasteiger partial charge in [0.05, 0.1) is 24.5 Å². The third kappa shape index (κ3) is 9.26. The van der Waals surface area contributed by atoms with E-state index in [-0.39, 0.29) is 35.5 Å². The van der Waals surface area contributed by atoms with Gasteiger partial charge in [-0.05, 0) is 85.7 Å². The number of aryl methyl sites for hydroxylation is 1. The fraction of sp³-hybridized carbons (Fsp3) is 0.408. The van der Waals surface area contributed by atoms with E-state index in [0.717, 1.165) is 115 Å². The highest BCUT2D eigenvalue weighted by Gasteiger charge is 2.29. The van der Waals surface area contributed by atoms with Crippen LogP contribution in [0.15, 0.2) is 77.4 Å². The Morgan fingerprint density at radius 1 is 0.892 bits per heavy atom. The number of imide groups is 1. The quantitative estimate of drug-likeness (QED) is 0.119. The van der Waals surface area contributed by atoms with Crippen LogP contribution in [0, 0.1) is 12.8 Å². The lowest BCUT2D eigenvalue weighted by atomic mass is 9.95. The Bertz CT molecular complexity index is 2710. The second kappa shape index (κ2) is 18.0. The SMILES string of the molecule is COc1cc(N2CCC(=O)NC2=O)ccc1N1CCC(CN2CCN(c3ccc(-c4cnc5n[nH]c(-c6ccc(C(C)NC(=O)c7noc(C(C)(C)C)n7)c(C)c6)c5c4)cc3)CC2)CC1. The summed E-state index contributed by atoms with van der Waals surface area (Å²) < 4.78 is 11.1. The summed E-state index contributed by atoms with van der Waals surface area (Å²) in [6.07, 6.45) is 4.39. The van der Waals surface area contributed by atoms with Gasteiger partial charge < -0.3 is 24.4 Å². The number of nitrogens with zero attached hydrogens (tertiary/aromatic N) is 8. The summed E-state index contributed by atoms with van der Waals surface area (Å²) in [4.78, 5) is 55.1. The second-order valence-electron chi connectivity index (χ2n) is 18.5. The van der Waals surface area contributed by atoms with Gasteiger partial charge in [-0.3, -0.25) is 29.8 Å². The number of piperidine rings is 1. The largest absolute Gasteiger partial charge is 0.495 e. The predicted molar refractivity (Wildman–Crippen MR) is 250 cm³/mol. The summed E-state index contributed by atoms with van der Waals surface area (Å²) in [5.41, 5.74) is 9.28. The summed E-state index contributed by atoms with van der Waals surface area (Å²) in [7, 11) is 1.66. The maximum absolute atomic E-state index is 13.0. The van der Waals surface area contributed by atoms with Gasteiger partial charge in [-0.2, -0.15) is 10.1 Å². The standard InChI is InChI=1S/C49H57N11O5/c1-30-25-34(9-13-38(30)31(2)51-46(62)45-53-47(65-56-45)49(3,4)5)43-39-26-35(28-50-44(39)55-54-43)33-7-10-36(11-8-33)58-23-21-57(22-24-58)29-32-15-18-59(19-16-32)40-14-12-37(27-41(40)64-6)60-20-17-42(61)52-48(60)63/h7-14,25-28,31-32H,15-24,29H2,1-6H3,(H,51,62)(H,50,54,55)(H,52,61,63).